The summed E-state index contributed by atoms with van der Waals surface area (Å²) in [5.41, 5.74) is 0.881. The van der Waals surface area contributed by atoms with E-state index in [0.29, 0.717) is 0 Å². The Morgan fingerprint density at radius 3 is 2.09 bits per heavy atom. The molecule has 0 saturated heterocycles. The van der Waals surface area contributed by atoms with Crippen molar-refractivity contribution in [1.82, 2.24) is 10.0 Å². The van der Waals surface area contributed by atoms with Gasteiger partial charge in [-0.3, -0.25) is 4.79 Å². The van der Waals surface area contributed by atoms with E-state index in [-0.39, 0.29) is 17.2 Å². The fourth-order valence-corrected chi connectivity index (χ4v) is 3.28. The number of benzene rings is 2. The van der Waals surface area contributed by atoms with E-state index in [1.807, 2.05) is 30.3 Å². The molecule has 2 aromatic carbocycles. The minimum absolute atomic E-state index is 0.136. The number of carbonyl (C=O) groups excluding carboxylic acids is 1. The fourth-order valence-electron chi connectivity index (χ4n) is 2.07. The molecule has 0 spiro atoms. The maximum atomic E-state index is 12.4. The van der Waals surface area contributed by atoms with Crippen molar-refractivity contribution in [2.45, 2.75) is 17.4 Å². The lowest BCUT2D eigenvalue weighted by Crippen LogP contribution is -2.46. The Hall–Kier alpha value is -2.18. The van der Waals surface area contributed by atoms with Gasteiger partial charge in [0.25, 0.3) is 0 Å². The summed E-state index contributed by atoms with van der Waals surface area (Å²) in [6.45, 7) is 0. The van der Waals surface area contributed by atoms with Gasteiger partial charge in [0.2, 0.25) is 15.9 Å². The quantitative estimate of drug-likeness (QED) is 0.843. The van der Waals surface area contributed by atoms with Gasteiger partial charge in [0.15, 0.2) is 0 Å². The maximum absolute atomic E-state index is 12.4. The average Bonchev–Trinajstić information content (AvgIpc) is 2.55. The number of rotatable bonds is 6. The molecule has 0 aliphatic rings. The number of amides is 1. The second-order valence-corrected chi connectivity index (χ2v) is 6.50. The van der Waals surface area contributed by atoms with Crippen molar-refractivity contribution < 1.29 is 13.2 Å². The Morgan fingerprint density at radius 2 is 1.55 bits per heavy atom. The summed E-state index contributed by atoms with van der Waals surface area (Å²) < 4.78 is 27.2. The van der Waals surface area contributed by atoms with Crippen LogP contribution in [0.4, 0.5) is 0 Å². The van der Waals surface area contributed by atoms with E-state index < -0.39 is 16.1 Å². The summed E-state index contributed by atoms with van der Waals surface area (Å²) in [7, 11) is -2.26. The van der Waals surface area contributed by atoms with Crippen LogP contribution in [0.25, 0.3) is 0 Å². The zero-order valence-corrected chi connectivity index (χ0v) is 13.0. The van der Waals surface area contributed by atoms with Gasteiger partial charge in [-0.05, 0) is 24.1 Å². The Balaban J connectivity index is 2.22. The predicted molar refractivity (Wildman–Crippen MR) is 84.8 cm³/mol. The molecule has 0 aliphatic carbocycles. The summed E-state index contributed by atoms with van der Waals surface area (Å²) in [5, 5.41) is 2.49. The molecule has 0 saturated carbocycles. The molecule has 0 fully saturated rings. The molecule has 0 radical (unpaired) electrons. The minimum atomic E-state index is -3.75. The zero-order valence-electron chi connectivity index (χ0n) is 12.2. The normalized spacial score (nSPS) is 12.6. The molecule has 22 heavy (non-hydrogen) atoms. The van der Waals surface area contributed by atoms with Gasteiger partial charge in [0, 0.05) is 7.05 Å². The highest BCUT2D eigenvalue weighted by Crippen LogP contribution is 2.10. The number of carbonyl (C=O) groups is 1. The molecule has 2 N–H and O–H groups in total. The van der Waals surface area contributed by atoms with Crippen molar-refractivity contribution in [2.24, 2.45) is 0 Å². The van der Waals surface area contributed by atoms with E-state index in [1.54, 1.807) is 18.2 Å². The van der Waals surface area contributed by atoms with Gasteiger partial charge < -0.3 is 5.32 Å². The van der Waals surface area contributed by atoms with Gasteiger partial charge in [0.1, 0.15) is 6.04 Å². The van der Waals surface area contributed by atoms with Crippen LogP contribution in [0.2, 0.25) is 0 Å². The molecule has 0 aromatic heterocycles. The van der Waals surface area contributed by atoms with E-state index in [9.17, 15) is 13.2 Å². The number of likely N-dealkylation sites (N-methyl/N-ethyl adjacent to an activating group) is 1. The van der Waals surface area contributed by atoms with Gasteiger partial charge in [-0.2, -0.15) is 4.72 Å². The van der Waals surface area contributed by atoms with Gasteiger partial charge in [-0.15, -0.1) is 0 Å². The standard InChI is InChI=1S/C16H18N2O3S/c1-17-16(19)15(12-13-8-4-2-5-9-13)18-22(20,21)14-10-6-3-7-11-14/h2-11,15,18H,12H2,1H3,(H,17,19). The third-order valence-electron chi connectivity index (χ3n) is 3.20. The minimum Gasteiger partial charge on any atom is -0.358 e. The molecule has 0 aliphatic heterocycles. The third kappa shape index (κ3) is 4.16. The SMILES string of the molecule is CNC(=O)C(Cc1ccccc1)NS(=O)(=O)c1ccccc1. The van der Waals surface area contributed by atoms with Crippen molar-refractivity contribution in [1.29, 1.82) is 0 Å². The molecule has 1 unspecified atom stereocenters. The van der Waals surface area contributed by atoms with Crippen LogP contribution in [0.15, 0.2) is 65.6 Å². The number of hydrogen-bond acceptors (Lipinski definition) is 3. The Morgan fingerprint density at radius 1 is 1.00 bits per heavy atom. The molecule has 0 bridgehead atoms. The van der Waals surface area contributed by atoms with Crippen LogP contribution in [0, 0.1) is 0 Å². The highest BCUT2D eigenvalue weighted by Gasteiger charge is 2.25. The number of sulfonamides is 1. The van der Waals surface area contributed by atoms with Gasteiger partial charge in [-0.1, -0.05) is 48.5 Å². The first kappa shape index (κ1) is 16.2. The monoisotopic (exact) mass is 318 g/mol. The van der Waals surface area contributed by atoms with Crippen LogP contribution in [-0.2, 0) is 21.2 Å². The van der Waals surface area contributed by atoms with Crippen LogP contribution in [0.3, 0.4) is 0 Å². The Labute approximate surface area is 130 Å². The largest absolute Gasteiger partial charge is 0.358 e. The molecule has 116 valence electrons. The number of nitrogens with one attached hydrogen (secondary N) is 2. The van der Waals surface area contributed by atoms with Crippen molar-refractivity contribution in [2.75, 3.05) is 7.05 Å². The van der Waals surface area contributed by atoms with Crippen molar-refractivity contribution in [3.8, 4) is 0 Å². The van der Waals surface area contributed by atoms with Gasteiger partial charge in [0.05, 0.1) is 4.90 Å². The molecule has 0 heterocycles. The second-order valence-electron chi connectivity index (χ2n) is 4.79. The summed E-state index contributed by atoms with van der Waals surface area (Å²) in [6, 6.07) is 16.4. The zero-order chi connectivity index (χ0) is 16.0. The van der Waals surface area contributed by atoms with E-state index in [1.165, 1.54) is 19.2 Å². The Kier molecular flexibility index (Phi) is 5.30. The summed E-state index contributed by atoms with van der Waals surface area (Å²) >= 11 is 0. The Bertz CT molecular complexity index is 716. The van der Waals surface area contributed by atoms with E-state index in [4.69, 9.17) is 0 Å². The first-order valence-corrected chi connectivity index (χ1v) is 8.34. The topological polar surface area (TPSA) is 75.3 Å². The lowest BCUT2D eigenvalue weighted by Gasteiger charge is -2.17. The van der Waals surface area contributed by atoms with Gasteiger partial charge in [-0.25, -0.2) is 8.42 Å². The smallest absolute Gasteiger partial charge is 0.241 e. The van der Waals surface area contributed by atoms with Crippen molar-refractivity contribution in [3.63, 3.8) is 0 Å². The van der Waals surface area contributed by atoms with E-state index >= 15 is 0 Å². The highest BCUT2D eigenvalue weighted by atomic mass is 32.2. The van der Waals surface area contributed by atoms with Gasteiger partial charge >= 0.3 is 0 Å². The lowest BCUT2D eigenvalue weighted by atomic mass is 10.1. The van der Waals surface area contributed by atoms with E-state index in [0.717, 1.165) is 5.56 Å². The molecule has 2 aromatic rings. The van der Waals surface area contributed by atoms with E-state index in [2.05, 4.69) is 10.0 Å². The molecule has 1 atom stereocenters. The van der Waals surface area contributed by atoms with Crippen molar-refractivity contribution in [3.05, 3.63) is 66.2 Å². The second kappa shape index (κ2) is 7.20. The van der Waals surface area contributed by atoms with Crippen LogP contribution < -0.4 is 10.0 Å². The third-order valence-corrected chi connectivity index (χ3v) is 4.68. The van der Waals surface area contributed by atoms with Crippen LogP contribution in [0.5, 0.6) is 0 Å². The summed E-state index contributed by atoms with van der Waals surface area (Å²) in [4.78, 5) is 12.1. The fraction of sp³-hybridized carbons (Fsp3) is 0.188. The summed E-state index contributed by atoms with van der Waals surface area (Å²) in [6.07, 6.45) is 0.284. The molecular weight excluding hydrogens is 300 g/mol. The number of hydrogen-bond donors (Lipinski definition) is 2. The van der Waals surface area contributed by atoms with Crippen molar-refractivity contribution >= 4 is 15.9 Å². The molecular formula is C16H18N2O3S. The average molecular weight is 318 g/mol. The lowest BCUT2D eigenvalue weighted by molar-refractivity contribution is -0.122. The molecule has 5 nitrogen and oxygen atoms in total. The predicted octanol–water partition coefficient (Wildman–Crippen LogP) is 1.32. The first-order valence-electron chi connectivity index (χ1n) is 6.86. The first-order chi connectivity index (χ1) is 10.5. The van der Waals surface area contributed by atoms with Crippen LogP contribution in [0.1, 0.15) is 5.56 Å². The highest BCUT2D eigenvalue weighted by molar-refractivity contribution is 7.89. The molecule has 1 amide bonds. The molecule has 6 heteroatoms. The van der Waals surface area contributed by atoms with Crippen LogP contribution in [-0.4, -0.2) is 27.4 Å². The maximum Gasteiger partial charge on any atom is 0.241 e. The molecule has 2 rings (SSSR count). The summed E-state index contributed by atoms with van der Waals surface area (Å²) in [5.74, 6) is -0.372. The van der Waals surface area contributed by atoms with Crippen LogP contribution >= 0.6 is 0 Å².